The van der Waals surface area contributed by atoms with Gasteiger partial charge in [0.2, 0.25) is 0 Å². The first-order valence-corrected chi connectivity index (χ1v) is 21.9. The van der Waals surface area contributed by atoms with Crippen molar-refractivity contribution in [3.63, 3.8) is 0 Å². The van der Waals surface area contributed by atoms with Gasteiger partial charge >= 0.3 is 0 Å². The maximum absolute atomic E-state index is 6.87. The molecule has 0 bridgehead atoms. The summed E-state index contributed by atoms with van der Waals surface area (Å²) >= 11 is 14.4. The van der Waals surface area contributed by atoms with Gasteiger partial charge in [-0.2, -0.15) is 0 Å². The SMILES string of the molecule is [B]c1c([B])c(-n2c3ccc(-c4ccc5c(c4)c(=C/C)/c(=C\C)n5-c4ccccc4)cc3c3cc(-c4ccc5c(c4)c4ccccc4n5-c4ccccc4)ccc32)c(S)c(S)c1S. The van der Waals surface area contributed by atoms with E-state index < -0.39 is 0 Å². The van der Waals surface area contributed by atoms with Crippen LogP contribution in [0.15, 0.2) is 172 Å². The average molecular weight is 846 g/mol. The summed E-state index contributed by atoms with van der Waals surface area (Å²) in [6.07, 6.45) is 4.41. The highest BCUT2D eigenvalue weighted by atomic mass is 32.1. The van der Waals surface area contributed by atoms with E-state index in [9.17, 15) is 0 Å². The molecule has 0 spiro atoms. The van der Waals surface area contributed by atoms with Crippen molar-refractivity contribution in [1.82, 2.24) is 13.7 Å². The second kappa shape index (κ2) is 15.0. The van der Waals surface area contributed by atoms with Crippen molar-refractivity contribution in [2.75, 3.05) is 0 Å². The molecule has 0 atom stereocenters. The molecule has 0 unspecified atom stereocenters. The number of fused-ring (bicyclic) bond motifs is 7. The van der Waals surface area contributed by atoms with Crippen molar-refractivity contribution in [3.05, 3.63) is 168 Å². The van der Waals surface area contributed by atoms with Gasteiger partial charge in [0.15, 0.2) is 0 Å². The lowest BCUT2D eigenvalue weighted by molar-refractivity contribution is 1.06. The van der Waals surface area contributed by atoms with E-state index in [0.29, 0.717) is 31.3 Å². The minimum Gasteiger partial charge on any atom is -0.310 e. The molecule has 0 saturated heterocycles. The van der Waals surface area contributed by atoms with Gasteiger partial charge in [-0.05, 0) is 115 Å². The first kappa shape index (κ1) is 38.7. The number of rotatable bonds is 5. The molecular formula is C54H37B2N3S3. The van der Waals surface area contributed by atoms with Crippen LogP contribution in [0.4, 0.5) is 0 Å². The second-order valence-corrected chi connectivity index (χ2v) is 17.1. The van der Waals surface area contributed by atoms with Crippen LogP contribution in [0.25, 0.3) is 106 Å². The molecule has 11 rings (SSSR count). The van der Waals surface area contributed by atoms with Crippen LogP contribution in [0, 0.1) is 0 Å². The molecule has 0 aliphatic carbocycles. The van der Waals surface area contributed by atoms with Crippen molar-refractivity contribution in [2.24, 2.45) is 0 Å². The highest BCUT2D eigenvalue weighted by molar-refractivity contribution is 7.85. The lowest BCUT2D eigenvalue weighted by Crippen LogP contribution is -2.32. The van der Waals surface area contributed by atoms with Crippen LogP contribution in [0.2, 0.25) is 0 Å². The normalized spacial score (nSPS) is 12.6. The highest BCUT2D eigenvalue weighted by Gasteiger charge is 2.22. The van der Waals surface area contributed by atoms with E-state index in [1.54, 1.807) is 0 Å². The van der Waals surface area contributed by atoms with Gasteiger partial charge in [-0.15, -0.1) is 37.9 Å². The van der Waals surface area contributed by atoms with E-state index >= 15 is 0 Å². The Balaban J connectivity index is 1.15. The third-order valence-electron chi connectivity index (χ3n) is 12.4. The maximum atomic E-state index is 6.87. The minimum atomic E-state index is 0.375. The molecule has 0 aliphatic rings. The molecule has 8 aromatic carbocycles. The van der Waals surface area contributed by atoms with Gasteiger partial charge < -0.3 is 13.7 Å². The largest absolute Gasteiger partial charge is 0.310 e. The number of thiol groups is 3. The van der Waals surface area contributed by atoms with Gasteiger partial charge in [-0.3, -0.25) is 0 Å². The molecule has 4 radical (unpaired) electrons. The molecule has 0 aliphatic heterocycles. The van der Waals surface area contributed by atoms with Crippen LogP contribution >= 0.6 is 37.9 Å². The summed E-state index contributed by atoms with van der Waals surface area (Å²) in [5, 5.41) is 8.16. The molecule has 3 nitrogen and oxygen atoms in total. The third kappa shape index (κ3) is 5.81. The Morgan fingerprint density at radius 1 is 0.387 bits per heavy atom. The topological polar surface area (TPSA) is 14.8 Å². The Morgan fingerprint density at radius 2 is 0.823 bits per heavy atom. The first-order valence-electron chi connectivity index (χ1n) is 20.6. The Bertz CT molecular complexity index is 3740. The smallest absolute Gasteiger partial charge is 0.116 e. The number of hydrogen-bond acceptors (Lipinski definition) is 3. The van der Waals surface area contributed by atoms with Crippen molar-refractivity contribution < 1.29 is 0 Å². The Morgan fingerprint density at radius 3 is 1.35 bits per heavy atom. The van der Waals surface area contributed by atoms with Crippen LogP contribution in [-0.4, -0.2) is 29.4 Å². The predicted molar refractivity (Wildman–Crippen MR) is 275 cm³/mol. The van der Waals surface area contributed by atoms with Crippen LogP contribution in [0.1, 0.15) is 13.8 Å². The van der Waals surface area contributed by atoms with Crippen LogP contribution in [0.5, 0.6) is 0 Å². The van der Waals surface area contributed by atoms with E-state index in [-0.39, 0.29) is 0 Å². The summed E-state index contributed by atoms with van der Waals surface area (Å²) in [6.45, 7) is 4.23. The number of aromatic nitrogens is 3. The molecule has 3 aromatic heterocycles. The Hall–Kier alpha value is -6.18. The second-order valence-electron chi connectivity index (χ2n) is 15.7. The van der Waals surface area contributed by atoms with Gasteiger partial charge in [-0.25, -0.2) is 0 Å². The highest BCUT2D eigenvalue weighted by Crippen LogP contribution is 2.41. The van der Waals surface area contributed by atoms with Gasteiger partial charge in [0.1, 0.15) is 15.7 Å². The minimum absolute atomic E-state index is 0.375. The van der Waals surface area contributed by atoms with Crippen LogP contribution < -0.4 is 21.5 Å². The van der Waals surface area contributed by atoms with E-state index in [1.165, 1.54) is 32.2 Å². The molecule has 11 aromatic rings. The van der Waals surface area contributed by atoms with Crippen molar-refractivity contribution in [2.45, 2.75) is 28.5 Å². The lowest BCUT2D eigenvalue weighted by atomic mass is 9.79. The molecule has 0 saturated carbocycles. The van der Waals surface area contributed by atoms with Crippen molar-refractivity contribution in [1.29, 1.82) is 0 Å². The zero-order valence-corrected chi connectivity index (χ0v) is 36.7. The number of para-hydroxylation sites is 3. The molecule has 292 valence electrons. The number of nitrogens with zero attached hydrogens (tertiary/aromatic N) is 3. The maximum Gasteiger partial charge on any atom is 0.116 e. The van der Waals surface area contributed by atoms with E-state index in [0.717, 1.165) is 66.5 Å². The summed E-state index contributed by atoms with van der Waals surface area (Å²) < 4.78 is 6.87. The molecule has 3 heterocycles. The van der Waals surface area contributed by atoms with Gasteiger partial charge in [0, 0.05) is 63.6 Å². The van der Waals surface area contributed by atoms with Gasteiger partial charge in [0.05, 0.1) is 33.3 Å². The molecule has 62 heavy (non-hydrogen) atoms. The summed E-state index contributed by atoms with van der Waals surface area (Å²) in [4.78, 5) is 1.70. The fourth-order valence-electron chi connectivity index (χ4n) is 9.55. The number of benzene rings is 8. The predicted octanol–water partition coefficient (Wildman–Crippen LogP) is 11.2. The fraction of sp³-hybridized carbons (Fsp3) is 0.0370. The molecule has 0 amide bonds. The monoisotopic (exact) mass is 845 g/mol. The first-order chi connectivity index (χ1) is 30.3. The molecule has 0 N–H and O–H groups in total. The quantitative estimate of drug-likeness (QED) is 0.113. The van der Waals surface area contributed by atoms with Crippen molar-refractivity contribution in [3.8, 4) is 39.3 Å². The van der Waals surface area contributed by atoms with Gasteiger partial charge in [0.25, 0.3) is 0 Å². The van der Waals surface area contributed by atoms with Crippen molar-refractivity contribution >= 4 is 131 Å². The summed E-state index contributed by atoms with van der Waals surface area (Å²) in [5.74, 6) is 0. The zero-order chi connectivity index (χ0) is 42.4. The fourth-order valence-corrected chi connectivity index (χ4v) is 10.4. The summed E-state index contributed by atoms with van der Waals surface area (Å²) in [7, 11) is 13.5. The Labute approximate surface area is 378 Å². The lowest BCUT2D eigenvalue weighted by Gasteiger charge is -2.20. The molecule has 8 heteroatoms. The van der Waals surface area contributed by atoms with Crippen LogP contribution in [-0.2, 0) is 0 Å². The standard InChI is InChI=1S/C54H37B2N3S3/c1-3-37-39-27-31(19-23-45(39)57(43(37)4-2)35-13-7-5-8-14-35)33-21-25-47-41(29-33)42-30-34(22-26-48(42)59(47)51-49(55)50(56)52(60)54(62)53(51)61)32-20-24-46-40(28-32)38-17-11-12-18-44(38)58(46)36-15-9-6-10-16-36/h3-30,60-62H,1-2H3/b37-3-,43-4+. The zero-order valence-electron chi connectivity index (χ0n) is 34.0. The van der Waals surface area contributed by atoms with Gasteiger partial charge in [-0.1, -0.05) is 102 Å². The average Bonchev–Trinajstić information content (AvgIpc) is 3.95. The third-order valence-corrected chi connectivity index (χ3v) is 14.1. The Kier molecular flexibility index (Phi) is 9.38. The van der Waals surface area contributed by atoms with E-state index in [1.807, 2.05) is 0 Å². The molecule has 0 fully saturated rings. The number of hydrogen-bond donors (Lipinski definition) is 3. The van der Waals surface area contributed by atoms with E-state index in [2.05, 4.69) is 210 Å². The summed E-state index contributed by atoms with van der Waals surface area (Å²) in [6, 6.07) is 56.7. The van der Waals surface area contributed by atoms with Crippen LogP contribution in [0.3, 0.4) is 0 Å². The summed E-state index contributed by atoms with van der Waals surface area (Å²) in [5.41, 5.74) is 13.7. The molecular weight excluding hydrogens is 808 g/mol. The van der Waals surface area contributed by atoms with E-state index in [4.69, 9.17) is 41.0 Å².